The van der Waals surface area contributed by atoms with Gasteiger partial charge in [0.05, 0.1) is 17.5 Å². The average Bonchev–Trinajstić information content (AvgIpc) is 3.33. The largest absolute Gasteiger partial charge is 0.443 e. The number of fused-ring (bicyclic) bond motifs is 1. The number of pyridine rings is 1. The van der Waals surface area contributed by atoms with Gasteiger partial charge < -0.3 is 9.72 Å². The van der Waals surface area contributed by atoms with Crippen LogP contribution >= 0.6 is 0 Å². The maximum absolute atomic E-state index is 13.0. The molecule has 0 fully saturated rings. The monoisotopic (exact) mass is 415 g/mol. The lowest BCUT2D eigenvalue weighted by Crippen LogP contribution is -2.41. The van der Waals surface area contributed by atoms with Crippen LogP contribution in [0.4, 0.5) is 4.79 Å². The molecule has 2 amide bonds. The molecule has 0 radical (unpaired) electrons. The van der Waals surface area contributed by atoms with E-state index < -0.39 is 17.6 Å². The van der Waals surface area contributed by atoms with Crippen LogP contribution in [0.2, 0.25) is 0 Å². The van der Waals surface area contributed by atoms with Gasteiger partial charge in [-0.2, -0.15) is 4.90 Å². The lowest BCUT2D eigenvalue weighted by molar-refractivity contribution is -0.122. The minimum atomic E-state index is -0.786. The SMILES string of the molecule is CC(C)(C)OC(=O)N1C(=O)/C(=C/c2c[nH]cn2)N=C1/C=C/c1cccc2ncccc12. The summed E-state index contributed by atoms with van der Waals surface area (Å²) >= 11 is 0. The number of carbonyl (C=O) groups is 2. The van der Waals surface area contributed by atoms with Crippen molar-refractivity contribution in [1.29, 1.82) is 0 Å². The lowest BCUT2D eigenvalue weighted by Gasteiger charge is -2.23. The number of aliphatic imine (C=N–C) groups is 1. The number of nitrogens with zero attached hydrogens (tertiary/aromatic N) is 4. The van der Waals surface area contributed by atoms with E-state index in [1.807, 2.05) is 30.3 Å². The molecule has 31 heavy (non-hydrogen) atoms. The van der Waals surface area contributed by atoms with Crippen molar-refractivity contribution in [3.63, 3.8) is 0 Å². The second-order valence-corrected chi connectivity index (χ2v) is 7.87. The summed E-state index contributed by atoms with van der Waals surface area (Å²) in [6, 6.07) is 9.55. The Bertz CT molecular complexity index is 1230. The van der Waals surface area contributed by atoms with Gasteiger partial charge in [0.15, 0.2) is 0 Å². The predicted molar refractivity (Wildman–Crippen MR) is 118 cm³/mol. The van der Waals surface area contributed by atoms with Crippen LogP contribution in [0, 0.1) is 0 Å². The van der Waals surface area contributed by atoms with E-state index in [0.29, 0.717) is 5.69 Å². The number of imide groups is 1. The Labute approximate surface area is 179 Å². The van der Waals surface area contributed by atoms with Crippen molar-refractivity contribution in [2.45, 2.75) is 26.4 Å². The van der Waals surface area contributed by atoms with Gasteiger partial charge in [-0.1, -0.05) is 24.3 Å². The quantitative estimate of drug-likeness (QED) is 0.647. The molecule has 1 aromatic carbocycles. The topological polar surface area (TPSA) is 101 Å². The van der Waals surface area contributed by atoms with Gasteiger partial charge in [-0.25, -0.2) is 14.8 Å². The fourth-order valence-corrected chi connectivity index (χ4v) is 3.06. The van der Waals surface area contributed by atoms with Crippen LogP contribution in [-0.2, 0) is 9.53 Å². The second kappa shape index (κ2) is 7.98. The molecular formula is C23H21N5O3. The third-order valence-electron chi connectivity index (χ3n) is 4.36. The highest BCUT2D eigenvalue weighted by molar-refractivity contribution is 6.25. The van der Waals surface area contributed by atoms with E-state index >= 15 is 0 Å². The number of aromatic amines is 1. The number of imidazole rings is 1. The Kier molecular flexibility index (Phi) is 5.21. The number of nitrogens with one attached hydrogen (secondary N) is 1. The van der Waals surface area contributed by atoms with Crippen molar-refractivity contribution in [3.05, 3.63) is 72.1 Å². The highest BCUT2D eigenvalue weighted by atomic mass is 16.6. The molecular weight excluding hydrogens is 394 g/mol. The molecule has 3 aromatic rings. The molecule has 8 nitrogen and oxygen atoms in total. The Balaban J connectivity index is 1.72. The first-order valence-corrected chi connectivity index (χ1v) is 9.70. The molecule has 1 aliphatic heterocycles. The molecule has 0 atom stereocenters. The molecule has 0 aliphatic carbocycles. The maximum Gasteiger partial charge on any atom is 0.423 e. The number of benzene rings is 1. The molecule has 1 N–H and O–H groups in total. The van der Waals surface area contributed by atoms with E-state index in [0.717, 1.165) is 21.4 Å². The number of carbonyl (C=O) groups excluding carboxylic acids is 2. The zero-order valence-electron chi connectivity index (χ0n) is 17.4. The summed E-state index contributed by atoms with van der Waals surface area (Å²) in [5.41, 5.74) is 1.59. The van der Waals surface area contributed by atoms with Crippen molar-refractivity contribution in [1.82, 2.24) is 19.9 Å². The normalized spacial score (nSPS) is 15.8. The summed E-state index contributed by atoms with van der Waals surface area (Å²) in [6.45, 7) is 5.21. The molecule has 0 unspecified atom stereocenters. The van der Waals surface area contributed by atoms with Crippen molar-refractivity contribution in [2.75, 3.05) is 0 Å². The minimum Gasteiger partial charge on any atom is -0.443 e. The molecule has 1 aliphatic rings. The molecule has 0 saturated carbocycles. The van der Waals surface area contributed by atoms with Crippen LogP contribution < -0.4 is 0 Å². The van der Waals surface area contributed by atoms with Gasteiger partial charge in [-0.05, 0) is 50.6 Å². The minimum absolute atomic E-state index is 0.0946. The Morgan fingerprint density at radius 3 is 2.71 bits per heavy atom. The summed E-state index contributed by atoms with van der Waals surface area (Å²) in [7, 11) is 0. The number of ether oxygens (including phenoxy) is 1. The molecule has 156 valence electrons. The molecule has 0 saturated heterocycles. The molecule has 3 heterocycles. The fourth-order valence-electron chi connectivity index (χ4n) is 3.06. The summed E-state index contributed by atoms with van der Waals surface area (Å²) in [5, 5.41) is 0.947. The Hall–Kier alpha value is -4.07. The number of amides is 2. The number of rotatable bonds is 3. The number of hydrogen-bond acceptors (Lipinski definition) is 6. The van der Waals surface area contributed by atoms with Gasteiger partial charge in [-0.3, -0.25) is 9.78 Å². The van der Waals surface area contributed by atoms with E-state index in [-0.39, 0.29) is 11.5 Å². The van der Waals surface area contributed by atoms with Crippen LogP contribution in [0.15, 0.2) is 65.8 Å². The van der Waals surface area contributed by atoms with Crippen LogP contribution in [-0.4, -0.2) is 43.3 Å². The highest BCUT2D eigenvalue weighted by Crippen LogP contribution is 2.23. The third kappa shape index (κ3) is 4.42. The Morgan fingerprint density at radius 2 is 1.97 bits per heavy atom. The van der Waals surface area contributed by atoms with Crippen LogP contribution in [0.1, 0.15) is 32.0 Å². The van der Waals surface area contributed by atoms with Crippen molar-refractivity contribution in [3.8, 4) is 0 Å². The molecule has 0 spiro atoms. The highest BCUT2D eigenvalue weighted by Gasteiger charge is 2.37. The standard InChI is InChI=1S/C23H21N5O3/c1-23(2,3)31-22(30)28-20(27-19(21(28)29)12-16-13-24-14-26-16)10-9-15-6-4-8-18-17(15)7-5-11-25-18/h4-14H,1-3H3,(H,24,26)/b10-9+,19-12-. The maximum atomic E-state index is 13.0. The van der Waals surface area contributed by atoms with Crippen molar-refractivity contribution >= 4 is 40.9 Å². The second-order valence-electron chi connectivity index (χ2n) is 7.87. The zero-order valence-corrected chi connectivity index (χ0v) is 17.4. The van der Waals surface area contributed by atoms with E-state index in [1.54, 1.807) is 45.3 Å². The van der Waals surface area contributed by atoms with E-state index in [4.69, 9.17) is 4.74 Å². The third-order valence-corrected chi connectivity index (χ3v) is 4.36. The summed E-state index contributed by atoms with van der Waals surface area (Å²) in [4.78, 5) is 42.3. The van der Waals surface area contributed by atoms with Crippen LogP contribution in [0.3, 0.4) is 0 Å². The number of aromatic nitrogens is 3. The molecule has 2 aromatic heterocycles. The molecule has 0 bridgehead atoms. The smallest absolute Gasteiger partial charge is 0.423 e. The zero-order chi connectivity index (χ0) is 22.0. The first-order valence-electron chi connectivity index (χ1n) is 9.70. The van der Waals surface area contributed by atoms with E-state index in [2.05, 4.69) is 19.9 Å². The van der Waals surface area contributed by atoms with Gasteiger partial charge in [-0.15, -0.1) is 0 Å². The Morgan fingerprint density at radius 1 is 1.13 bits per heavy atom. The molecule has 8 heteroatoms. The lowest BCUT2D eigenvalue weighted by atomic mass is 10.1. The van der Waals surface area contributed by atoms with E-state index in [1.165, 1.54) is 12.4 Å². The summed E-state index contributed by atoms with van der Waals surface area (Å²) in [5.74, 6) is -0.404. The van der Waals surface area contributed by atoms with Gasteiger partial charge >= 0.3 is 6.09 Å². The number of amidine groups is 1. The number of H-pyrrole nitrogens is 1. The van der Waals surface area contributed by atoms with Crippen molar-refractivity contribution < 1.29 is 14.3 Å². The first-order chi connectivity index (χ1) is 14.8. The molecule has 4 rings (SSSR count). The average molecular weight is 415 g/mol. The van der Waals surface area contributed by atoms with Gasteiger partial charge in [0.1, 0.15) is 17.1 Å². The van der Waals surface area contributed by atoms with Gasteiger partial charge in [0.2, 0.25) is 0 Å². The van der Waals surface area contributed by atoms with Crippen LogP contribution in [0.5, 0.6) is 0 Å². The van der Waals surface area contributed by atoms with Gasteiger partial charge in [0, 0.05) is 17.8 Å². The predicted octanol–water partition coefficient (Wildman–Crippen LogP) is 4.19. The van der Waals surface area contributed by atoms with Crippen LogP contribution in [0.25, 0.3) is 23.1 Å². The van der Waals surface area contributed by atoms with Gasteiger partial charge in [0.25, 0.3) is 5.91 Å². The fraction of sp³-hybridized carbons (Fsp3) is 0.174. The van der Waals surface area contributed by atoms with E-state index in [9.17, 15) is 9.59 Å². The number of hydrogen-bond donors (Lipinski definition) is 1. The van der Waals surface area contributed by atoms with Crippen molar-refractivity contribution in [2.24, 2.45) is 4.99 Å². The summed E-state index contributed by atoms with van der Waals surface area (Å²) < 4.78 is 5.42. The first kappa shape index (κ1) is 20.2. The summed E-state index contributed by atoms with van der Waals surface area (Å²) in [6.07, 6.45) is 9.00.